The van der Waals surface area contributed by atoms with E-state index in [2.05, 4.69) is 140 Å². The first kappa shape index (κ1) is 25.9. The lowest BCUT2D eigenvalue weighted by Gasteiger charge is -2.30. The molecule has 5 aromatic carbocycles. The van der Waals surface area contributed by atoms with E-state index in [4.69, 9.17) is 14.7 Å². The van der Waals surface area contributed by atoms with Gasteiger partial charge < -0.3 is 4.74 Å². The van der Waals surface area contributed by atoms with E-state index in [-0.39, 0.29) is 12.0 Å². The van der Waals surface area contributed by atoms with Gasteiger partial charge in [0, 0.05) is 28.5 Å². The summed E-state index contributed by atoms with van der Waals surface area (Å²) >= 11 is 0. The van der Waals surface area contributed by atoms with Gasteiger partial charge in [-0.2, -0.15) is 0 Å². The molecule has 0 bridgehead atoms. The zero-order chi connectivity index (χ0) is 29.7. The van der Waals surface area contributed by atoms with E-state index in [1.165, 1.54) is 38.4 Å². The van der Waals surface area contributed by atoms with E-state index in [0.29, 0.717) is 0 Å². The molecular weight excluding hydrogens is 548 g/mol. The second-order valence-electron chi connectivity index (χ2n) is 12.1. The molecule has 0 spiro atoms. The molecule has 3 heterocycles. The molecule has 0 fully saturated rings. The molecule has 3 aliphatic rings. The molecule has 0 saturated heterocycles. The largest absolute Gasteiger partial charge is 0.460 e. The molecule has 45 heavy (non-hydrogen) atoms. The van der Waals surface area contributed by atoms with Gasteiger partial charge in [-0.25, -0.2) is 0 Å². The third-order valence-corrected chi connectivity index (χ3v) is 9.39. The van der Waals surface area contributed by atoms with Crippen molar-refractivity contribution >= 4 is 32.8 Å². The summed E-state index contributed by atoms with van der Waals surface area (Å²) in [5, 5.41) is 4.68. The van der Waals surface area contributed by atoms with Gasteiger partial charge in [-0.3, -0.25) is 9.98 Å². The second kappa shape index (κ2) is 10.6. The summed E-state index contributed by atoms with van der Waals surface area (Å²) in [6.07, 6.45) is 12.5. The summed E-state index contributed by atoms with van der Waals surface area (Å²) in [5.74, 6) is 2.23. The van der Waals surface area contributed by atoms with Crippen LogP contribution in [-0.2, 0) is 0 Å². The first-order chi connectivity index (χ1) is 22.3. The Balaban J connectivity index is 1.13. The van der Waals surface area contributed by atoms with Gasteiger partial charge in [0.1, 0.15) is 11.5 Å². The van der Waals surface area contributed by atoms with E-state index in [1.54, 1.807) is 0 Å². The van der Waals surface area contributed by atoms with Gasteiger partial charge >= 0.3 is 0 Å². The molecule has 2 unspecified atom stereocenters. The third-order valence-electron chi connectivity index (χ3n) is 9.39. The Labute approximate surface area is 262 Å². The standard InChI is InChI=1S/C42H30N2O/c1-3-10-27(11-4-1)32-23-37(28-12-5-2-6-13-28)44-38(24-32)29-18-19-30-26-43-39(25-31(30)22-29)33-20-21-41-42-35(33)15-9-16-36(42)34-14-7-8-17-40(34)45-41/h1-13,15-23,25-26,34,38H,14,24H2. The number of hydrogen-bond acceptors (Lipinski definition) is 3. The molecule has 214 valence electrons. The summed E-state index contributed by atoms with van der Waals surface area (Å²) in [6, 6.07) is 41.1. The smallest absolute Gasteiger partial charge is 0.135 e. The number of pyridine rings is 1. The van der Waals surface area contributed by atoms with Crippen molar-refractivity contribution in [3.05, 3.63) is 174 Å². The summed E-state index contributed by atoms with van der Waals surface area (Å²) in [4.78, 5) is 10.3. The maximum atomic E-state index is 6.41. The lowest BCUT2D eigenvalue weighted by Crippen LogP contribution is -2.15. The average molecular weight is 579 g/mol. The molecule has 3 nitrogen and oxygen atoms in total. The lowest BCUT2D eigenvalue weighted by molar-refractivity contribution is 0.375. The number of allylic oxidation sites excluding steroid dienone is 5. The first-order valence-electron chi connectivity index (χ1n) is 15.7. The van der Waals surface area contributed by atoms with Crippen LogP contribution in [0.15, 0.2) is 157 Å². The minimum atomic E-state index is 0.0194. The highest BCUT2D eigenvalue weighted by atomic mass is 16.5. The van der Waals surface area contributed by atoms with Gasteiger partial charge in [0.15, 0.2) is 0 Å². The van der Waals surface area contributed by atoms with Crippen LogP contribution in [0.2, 0.25) is 0 Å². The molecule has 1 aliphatic carbocycles. The Kier molecular flexibility index (Phi) is 6.09. The maximum absolute atomic E-state index is 6.41. The van der Waals surface area contributed by atoms with E-state index in [1.807, 2.05) is 6.20 Å². The van der Waals surface area contributed by atoms with Crippen molar-refractivity contribution in [2.45, 2.75) is 24.8 Å². The van der Waals surface area contributed by atoms with Gasteiger partial charge in [-0.1, -0.05) is 103 Å². The minimum Gasteiger partial charge on any atom is -0.460 e. The third kappa shape index (κ3) is 4.51. The van der Waals surface area contributed by atoms with Crippen LogP contribution in [0.4, 0.5) is 0 Å². The topological polar surface area (TPSA) is 34.5 Å². The molecule has 1 aromatic heterocycles. The number of hydrogen-bond donors (Lipinski definition) is 0. The Morgan fingerprint density at radius 2 is 1.58 bits per heavy atom. The fraction of sp³-hybridized carbons (Fsp3) is 0.0952. The quantitative estimate of drug-likeness (QED) is 0.209. The van der Waals surface area contributed by atoms with E-state index in [0.717, 1.165) is 52.3 Å². The average Bonchev–Trinajstić information content (AvgIpc) is 3.12. The van der Waals surface area contributed by atoms with Crippen LogP contribution < -0.4 is 4.74 Å². The number of rotatable bonds is 4. The summed E-state index contributed by atoms with van der Waals surface area (Å²) in [7, 11) is 0. The van der Waals surface area contributed by atoms with Crippen molar-refractivity contribution in [2.75, 3.05) is 0 Å². The summed E-state index contributed by atoms with van der Waals surface area (Å²) in [6.45, 7) is 0. The van der Waals surface area contributed by atoms with Crippen molar-refractivity contribution in [1.82, 2.24) is 4.98 Å². The first-order valence-corrected chi connectivity index (χ1v) is 15.7. The highest BCUT2D eigenvalue weighted by molar-refractivity contribution is 6.13. The van der Waals surface area contributed by atoms with Gasteiger partial charge in [0.2, 0.25) is 0 Å². The number of benzene rings is 5. The fourth-order valence-corrected chi connectivity index (χ4v) is 7.13. The number of aliphatic imine (C=N–C) groups is 1. The van der Waals surface area contributed by atoms with E-state index in [9.17, 15) is 0 Å². The summed E-state index contributed by atoms with van der Waals surface area (Å²) < 4.78 is 6.41. The molecule has 2 aliphatic heterocycles. The number of fused-ring (bicyclic) bond motifs is 3. The van der Waals surface area contributed by atoms with Crippen LogP contribution in [0, 0.1) is 0 Å². The van der Waals surface area contributed by atoms with Gasteiger partial charge in [0.25, 0.3) is 0 Å². The molecule has 0 radical (unpaired) electrons. The van der Waals surface area contributed by atoms with Crippen molar-refractivity contribution in [1.29, 1.82) is 0 Å². The van der Waals surface area contributed by atoms with Crippen molar-refractivity contribution in [2.24, 2.45) is 4.99 Å². The highest BCUT2D eigenvalue weighted by Gasteiger charge is 2.29. The molecular formula is C42H30N2O. The molecule has 0 amide bonds. The van der Waals surface area contributed by atoms with Crippen LogP contribution >= 0.6 is 0 Å². The SMILES string of the molecule is C1=CCC2C(=C1)Oc1ccc(-c3cc4cc(C5CC(c6ccccc6)=CC(c6ccccc6)=N5)ccc4cn3)c3cccc2c13. The van der Waals surface area contributed by atoms with E-state index >= 15 is 0 Å². The minimum absolute atomic E-state index is 0.0194. The molecule has 9 rings (SSSR count). The van der Waals surface area contributed by atoms with Crippen molar-refractivity contribution in [3.63, 3.8) is 0 Å². The molecule has 6 aromatic rings. The molecule has 0 saturated carbocycles. The monoisotopic (exact) mass is 578 g/mol. The number of nitrogens with zero attached hydrogens (tertiary/aromatic N) is 2. The van der Waals surface area contributed by atoms with Crippen LogP contribution in [0.1, 0.15) is 47.1 Å². The Morgan fingerprint density at radius 3 is 2.44 bits per heavy atom. The van der Waals surface area contributed by atoms with Crippen molar-refractivity contribution in [3.8, 4) is 17.0 Å². The van der Waals surface area contributed by atoms with Gasteiger partial charge in [-0.15, -0.1) is 0 Å². The molecule has 3 heteroatoms. The second-order valence-corrected chi connectivity index (χ2v) is 12.1. The summed E-state index contributed by atoms with van der Waals surface area (Å²) in [5.41, 5.74) is 9.36. The maximum Gasteiger partial charge on any atom is 0.135 e. The Bertz CT molecular complexity index is 2240. The normalized spacial score (nSPS) is 18.5. The van der Waals surface area contributed by atoms with Crippen LogP contribution in [-0.4, -0.2) is 10.7 Å². The zero-order valence-electron chi connectivity index (χ0n) is 24.7. The number of ether oxygens (including phenoxy) is 1. The molecule has 2 atom stereocenters. The Hall–Kier alpha value is -5.54. The lowest BCUT2D eigenvalue weighted by atomic mass is 9.84. The number of aromatic nitrogens is 1. The predicted molar refractivity (Wildman–Crippen MR) is 185 cm³/mol. The van der Waals surface area contributed by atoms with Crippen LogP contribution in [0.25, 0.3) is 38.4 Å². The number of dihydropyridines is 1. The van der Waals surface area contributed by atoms with Crippen LogP contribution in [0.5, 0.6) is 5.75 Å². The van der Waals surface area contributed by atoms with Crippen molar-refractivity contribution < 1.29 is 4.74 Å². The zero-order valence-corrected chi connectivity index (χ0v) is 24.7. The highest BCUT2D eigenvalue weighted by Crippen LogP contribution is 2.47. The molecule has 0 N–H and O–H groups in total. The predicted octanol–water partition coefficient (Wildman–Crippen LogP) is 10.4. The Morgan fingerprint density at radius 1 is 0.733 bits per heavy atom. The van der Waals surface area contributed by atoms with Gasteiger partial charge in [-0.05, 0) is 87.9 Å². The fourth-order valence-electron chi connectivity index (χ4n) is 7.13. The van der Waals surface area contributed by atoms with E-state index < -0.39 is 0 Å². The van der Waals surface area contributed by atoms with Crippen LogP contribution in [0.3, 0.4) is 0 Å². The van der Waals surface area contributed by atoms with Gasteiger partial charge in [0.05, 0.1) is 17.4 Å².